The largest absolute Gasteiger partial charge is 0.383 e. The molecule has 6 heteroatoms. The van der Waals surface area contributed by atoms with Crippen LogP contribution in [0.2, 0.25) is 0 Å². The van der Waals surface area contributed by atoms with Crippen molar-refractivity contribution >= 4 is 28.4 Å². The number of nitrogen functional groups attached to an aromatic ring is 1. The third-order valence-electron chi connectivity index (χ3n) is 2.22. The smallest absolute Gasteiger partial charge is 0.200 e. The van der Waals surface area contributed by atoms with Crippen LogP contribution in [0.1, 0.15) is 25.5 Å². The zero-order valence-corrected chi connectivity index (χ0v) is 11.7. The van der Waals surface area contributed by atoms with Gasteiger partial charge in [-0.3, -0.25) is 0 Å². The molecule has 0 fully saturated rings. The molecule has 0 unspecified atom stereocenters. The van der Waals surface area contributed by atoms with E-state index in [4.69, 9.17) is 5.73 Å². The molecule has 0 aromatic carbocycles. The Kier molecular flexibility index (Phi) is 3.51. The fourth-order valence-electron chi connectivity index (χ4n) is 1.38. The lowest BCUT2D eigenvalue weighted by Gasteiger charge is -2.10. The number of hydrogen-bond donors (Lipinski definition) is 1. The fourth-order valence-corrected chi connectivity index (χ4v) is 2.24. The zero-order chi connectivity index (χ0) is 12.4. The predicted molar refractivity (Wildman–Crippen MR) is 74.3 cm³/mol. The van der Waals surface area contributed by atoms with Crippen molar-refractivity contribution in [3.63, 3.8) is 0 Å². The number of hydrogen-bond acceptors (Lipinski definition) is 5. The second kappa shape index (κ2) is 4.91. The molecule has 0 atom stereocenters. The van der Waals surface area contributed by atoms with Gasteiger partial charge in [-0.05, 0) is 34.6 Å². The van der Waals surface area contributed by atoms with Gasteiger partial charge in [0.2, 0.25) is 0 Å². The van der Waals surface area contributed by atoms with Crippen molar-refractivity contribution in [3.8, 4) is 11.6 Å². The van der Waals surface area contributed by atoms with E-state index in [1.807, 2.05) is 0 Å². The highest BCUT2D eigenvalue weighted by molar-refractivity contribution is 14.1. The molecule has 0 bridgehead atoms. The van der Waals surface area contributed by atoms with Gasteiger partial charge in [-0.25, -0.2) is 19.9 Å². The van der Waals surface area contributed by atoms with Crippen molar-refractivity contribution in [1.29, 1.82) is 0 Å². The molecule has 2 heterocycles. The van der Waals surface area contributed by atoms with Gasteiger partial charge in [0.1, 0.15) is 5.82 Å². The summed E-state index contributed by atoms with van der Waals surface area (Å²) in [5.74, 6) is 1.74. The topological polar surface area (TPSA) is 77.6 Å². The summed E-state index contributed by atoms with van der Waals surface area (Å²) in [5.41, 5.74) is 6.81. The van der Waals surface area contributed by atoms with Crippen molar-refractivity contribution < 1.29 is 0 Å². The zero-order valence-electron chi connectivity index (χ0n) is 9.55. The molecule has 2 aromatic rings. The minimum atomic E-state index is 0.287. The molecule has 2 N–H and O–H groups in total. The van der Waals surface area contributed by atoms with E-state index in [0.717, 1.165) is 9.26 Å². The van der Waals surface area contributed by atoms with Crippen LogP contribution in [0.25, 0.3) is 11.6 Å². The van der Waals surface area contributed by atoms with Crippen molar-refractivity contribution in [2.75, 3.05) is 5.73 Å². The van der Waals surface area contributed by atoms with Crippen LogP contribution in [-0.2, 0) is 0 Å². The highest BCUT2D eigenvalue weighted by Crippen LogP contribution is 2.25. The Hall–Kier alpha value is -1.31. The maximum Gasteiger partial charge on any atom is 0.200 e. The number of nitrogens with zero attached hydrogens (tertiary/aromatic N) is 4. The van der Waals surface area contributed by atoms with Crippen LogP contribution < -0.4 is 5.73 Å². The summed E-state index contributed by atoms with van der Waals surface area (Å²) < 4.78 is 0.900. The van der Waals surface area contributed by atoms with E-state index in [0.29, 0.717) is 17.5 Å². The fraction of sp³-hybridized carbons (Fsp3) is 0.273. The van der Waals surface area contributed by atoms with Crippen LogP contribution in [0.15, 0.2) is 18.5 Å². The standard InChI is InChI=1S/C11H12IN5/c1-6(2)8-7(12)9(13)17-11(16-8)10-14-4-3-5-15-10/h3-6H,1-2H3,(H2,13,16,17). The number of aromatic nitrogens is 4. The van der Waals surface area contributed by atoms with Crippen LogP contribution in [0.5, 0.6) is 0 Å². The average molecular weight is 341 g/mol. The molecule has 0 aliphatic rings. The Morgan fingerprint density at radius 1 is 1.12 bits per heavy atom. The van der Waals surface area contributed by atoms with Crippen LogP contribution in [0.3, 0.4) is 0 Å². The second-order valence-corrected chi connectivity index (χ2v) is 4.94. The molecular weight excluding hydrogens is 329 g/mol. The van der Waals surface area contributed by atoms with E-state index < -0.39 is 0 Å². The lowest BCUT2D eigenvalue weighted by molar-refractivity contribution is 0.807. The second-order valence-electron chi connectivity index (χ2n) is 3.86. The van der Waals surface area contributed by atoms with Crippen LogP contribution in [-0.4, -0.2) is 19.9 Å². The summed E-state index contributed by atoms with van der Waals surface area (Å²) >= 11 is 2.17. The molecule has 0 saturated heterocycles. The quantitative estimate of drug-likeness (QED) is 0.848. The minimum Gasteiger partial charge on any atom is -0.383 e. The van der Waals surface area contributed by atoms with E-state index >= 15 is 0 Å². The third-order valence-corrected chi connectivity index (χ3v) is 3.32. The number of nitrogens with two attached hydrogens (primary N) is 1. The maximum atomic E-state index is 5.88. The maximum absolute atomic E-state index is 5.88. The summed E-state index contributed by atoms with van der Waals surface area (Å²) in [6.45, 7) is 4.14. The molecular formula is C11H12IN5. The van der Waals surface area contributed by atoms with E-state index in [1.54, 1.807) is 18.5 Å². The molecule has 0 spiro atoms. The Morgan fingerprint density at radius 2 is 1.76 bits per heavy atom. The molecule has 0 amide bonds. The lowest BCUT2D eigenvalue weighted by atomic mass is 10.1. The Balaban J connectivity index is 2.57. The number of halogens is 1. The summed E-state index contributed by atoms with van der Waals surface area (Å²) in [6, 6.07) is 1.75. The predicted octanol–water partition coefficient (Wildman–Crippen LogP) is 2.24. The highest BCUT2D eigenvalue weighted by Gasteiger charge is 2.14. The van der Waals surface area contributed by atoms with Crippen LogP contribution in [0, 0.1) is 3.57 Å². The van der Waals surface area contributed by atoms with Gasteiger partial charge >= 0.3 is 0 Å². The highest BCUT2D eigenvalue weighted by atomic mass is 127. The first-order valence-electron chi connectivity index (χ1n) is 5.20. The third kappa shape index (κ3) is 2.51. The first kappa shape index (κ1) is 12.2. The van der Waals surface area contributed by atoms with Crippen molar-refractivity contribution in [1.82, 2.24) is 19.9 Å². The molecule has 0 saturated carbocycles. The lowest BCUT2D eigenvalue weighted by Crippen LogP contribution is -2.07. The van der Waals surface area contributed by atoms with E-state index in [-0.39, 0.29) is 5.92 Å². The van der Waals surface area contributed by atoms with Crippen molar-refractivity contribution in [3.05, 3.63) is 27.7 Å². The van der Waals surface area contributed by atoms with Gasteiger partial charge < -0.3 is 5.73 Å². The first-order chi connectivity index (χ1) is 8.09. The van der Waals surface area contributed by atoms with Gasteiger partial charge in [0, 0.05) is 12.4 Å². The Labute approximate surface area is 113 Å². The Morgan fingerprint density at radius 3 is 2.35 bits per heavy atom. The molecule has 0 radical (unpaired) electrons. The molecule has 0 aliphatic heterocycles. The normalized spacial score (nSPS) is 10.8. The summed E-state index contributed by atoms with van der Waals surface area (Å²) in [5, 5.41) is 0. The molecule has 17 heavy (non-hydrogen) atoms. The first-order valence-corrected chi connectivity index (χ1v) is 6.27. The average Bonchev–Trinajstić information content (AvgIpc) is 2.33. The SMILES string of the molecule is CC(C)c1nc(-c2ncccn2)nc(N)c1I. The van der Waals surface area contributed by atoms with Crippen molar-refractivity contribution in [2.45, 2.75) is 19.8 Å². The monoisotopic (exact) mass is 341 g/mol. The van der Waals surface area contributed by atoms with Gasteiger partial charge in [-0.1, -0.05) is 13.8 Å². The van der Waals surface area contributed by atoms with Gasteiger partial charge in [0.25, 0.3) is 0 Å². The van der Waals surface area contributed by atoms with Crippen LogP contribution in [0.4, 0.5) is 5.82 Å². The van der Waals surface area contributed by atoms with Gasteiger partial charge in [-0.15, -0.1) is 0 Å². The van der Waals surface area contributed by atoms with E-state index in [1.165, 1.54) is 0 Å². The molecule has 88 valence electrons. The Bertz CT molecular complexity index is 527. The molecule has 5 nitrogen and oxygen atoms in total. The summed E-state index contributed by atoms with van der Waals surface area (Å²) in [6.07, 6.45) is 3.32. The number of anilines is 1. The van der Waals surface area contributed by atoms with Gasteiger partial charge in [-0.2, -0.15) is 0 Å². The minimum absolute atomic E-state index is 0.287. The van der Waals surface area contributed by atoms with Gasteiger partial charge in [0.05, 0.1) is 9.26 Å². The van der Waals surface area contributed by atoms with E-state index in [9.17, 15) is 0 Å². The summed E-state index contributed by atoms with van der Waals surface area (Å²) in [7, 11) is 0. The number of rotatable bonds is 2. The molecule has 2 aromatic heterocycles. The summed E-state index contributed by atoms with van der Waals surface area (Å²) in [4.78, 5) is 17.0. The van der Waals surface area contributed by atoms with Gasteiger partial charge in [0.15, 0.2) is 11.6 Å². The van der Waals surface area contributed by atoms with E-state index in [2.05, 4.69) is 56.4 Å². The molecule has 2 rings (SSSR count). The van der Waals surface area contributed by atoms with Crippen LogP contribution >= 0.6 is 22.6 Å². The van der Waals surface area contributed by atoms with Crippen molar-refractivity contribution in [2.24, 2.45) is 0 Å². The molecule has 0 aliphatic carbocycles.